The van der Waals surface area contributed by atoms with Gasteiger partial charge in [0.2, 0.25) is 0 Å². The van der Waals surface area contributed by atoms with E-state index in [-0.39, 0.29) is 0 Å². The fourth-order valence-corrected chi connectivity index (χ4v) is 3.91. The van der Waals surface area contributed by atoms with Gasteiger partial charge in [0.15, 0.2) is 0 Å². The topological polar surface area (TPSA) is 27.0 Å². The Labute approximate surface area is 116 Å². The number of hydrogen-bond donors (Lipinski definition) is 0. The molecule has 0 spiro atoms. The number of piperidine rings is 1. The van der Waals surface area contributed by atoms with Crippen LogP contribution in [-0.2, 0) is 6.54 Å². The molecule has 2 atom stereocenters. The molecule has 0 N–H and O–H groups in total. The molecule has 0 bridgehead atoms. The third-order valence-electron chi connectivity index (χ3n) is 4.87. The van der Waals surface area contributed by atoms with Crippen LogP contribution in [0.5, 0.6) is 0 Å². The average molecular weight is 254 g/mol. The molecule has 0 amide bonds. The van der Waals surface area contributed by atoms with Crippen LogP contribution in [0.25, 0.3) is 0 Å². The highest BCUT2D eigenvalue weighted by Gasteiger charge is 2.33. The Morgan fingerprint density at radius 1 is 1.11 bits per heavy atom. The van der Waals surface area contributed by atoms with E-state index in [1.807, 2.05) is 12.1 Å². The summed E-state index contributed by atoms with van der Waals surface area (Å²) in [6.07, 6.45) is 8.33. The lowest BCUT2D eigenvalue weighted by molar-refractivity contribution is 0.0546. The van der Waals surface area contributed by atoms with Crippen molar-refractivity contribution in [1.82, 2.24) is 4.90 Å². The lowest BCUT2D eigenvalue weighted by Crippen LogP contribution is -2.46. The average Bonchev–Trinajstić information content (AvgIpc) is 2.48. The second kappa shape index (κ2) is 5.75. The molecule has 3 rings (SSSR count). The molecule has 2 heteroatoms. The van der Waals surface area contributed by atoms with Crippen LogP contribution in [0.15, 0.2) is 24.3 Å². The van der Waals surface area contributed by atoms with Crippen molar-refractivity contribution in [3.05, 3.63) is 35.4 Å². The molecule has 0 unspecified atom stereocenters. The van der Waals surface area contributed by atoms with E-state index in [9.17, 15) is 5.26 Å². The van der Waals surface area contributed by atoms with E-state index in [0.717, 1.165) is 24.1 Å². The Balaban J connectivity index is 1.76. The summed E-state index contributed by atoms with van der Waals surface area (Å²) in [5.41, 5.74) is 2.05. The van der Waals surface area contributed by atoms with E-state index in [0.29, 0.717) is 0 Å². The van der Waals surface area contributed by atoms with Gasteiger partial charge in [-0.2, -0.15) is 5.26 Å². The molecule has 1 heterocycles. The number of likely N-dealkylation sites (tertiary alicyclic amines) is 1. The number of hydrogen-bond acceptors (Lipinski definition) is 2. The van der Waals surface area contributed by atoms with Gasteiger partial charge < -0.3 is 0 Å². The van der Waals surface area contributed by atoms with Crippen molar-refractivity contribution >= 4 is 0 Å². The van der Waals surface area contributed by atoms with Crippen molar-refractivity contribution in [1.29, 1.82) is 5.26 Å². The fraction of sp³-hybridized carbons (Fsp3) is 0.588. The molecule has 2 fully saturated rings. The highest BCUT2D eigenvalue weighted by molar-refractivity contribution is 5.37. The smallest absolute Gasteiger partial charge is 0.0995 e. The lowest BCUT2D eigenvalue weighted by Gasteiger charge is -2.44. The summed E-state index contributed by atoms with van der Waals surface area (Å²) in [5, 5.41) is 9.21. The van der Waals surface area contributed by atoms with Gasteiger partial charge in [0.05, 0.1) is 11.6 Å². The minimum atomic E-state index is 0.772. The first-order valence-electron chi connectivity index (χ1n) is 7.60. The van der Waals surface area contributed by atoms with Crippen LogP contribution in [-0.4, -0.2) is 17.5 Å². The van der Waals surface area contributed by atoms with Gasteiger partial charge in [-0.15, -0.1) is 0 Å². The summed E-state index contributed by atoms with van der Waals surface area (Å²) in [4.78, 5) is 2.64. The van der Waals surface area contributed by atoms with Crippen molar-refractivity contribution < 1.29 is 0 Å². The number of benzene rings is 1. The zero-order chi connectivity index (χ0) is 13.1. The first-order valence-corrected chi connectivity index (χ1v) is 7.60. The predicted octanol–water partition coefficient (Wildman–Crippen LogP) is 3.71. The molecule has 0 aromatic heterocycles. The molecule has 0 radical (unpaired) electrons. The third-order valence-corrected chi connectivity index (χ3v) is 4.87. The summed E-state index contributed by atoms with van der Waals surface area (Å²) in [7, 11) is 0. The zero-order valence-electron chi connectivity index (χ0n) is 11.5. The minimum Gasteiger partial charge on any atom is -0.296 e. The Bertz CT molecular complexity index is 472. The van der Waals surface area contributed by atoms with Crippen molar-refractivity contribution in [2.45, 2.75) is 51.1 Å². The molecule has 1 aliphatic heterocycles. The summed E-state index contributed by atoms with van der Waals surface area (Å²) in [5.74, 6) is 0.914. The summed E-state index contributed by atoms with van der Waals surface area (Å²) in [6, 6.07) is 11.2. The molecule has 2 nitrogen and oxygen atoms in total. The van der Waals surface area contributed by atoms with Crippen molar-refractivity contribution in [3.63, 3.8) is 0 Å². The molecule has 1 aliphatic carbocycles. The first kappa shape index (κ1) is 12.7. The highest BCUT2D eigenvalue weighted by Crippen LogP contribution is 2.36. The van der Waals surface area contributed by atoms with Gasteiger partial charge in [0, 0.05) is 12.6 Å². The highest BCUT2D eigenvalue weighted by atomic mass is 15.2. The Kier molecular flexibility index (Phi) is 3.84. The quantitative estimate of drug-likeness (QED) is 0.804. The number of fused-ring (bicyclic) bond motifs is 1. The van der Waals surface area contributed by atoms with Crippen LogP contribution in [0.3, 0.4) is 0 Å². The molecule has 1 aromatic carbocycles. The van der Waals surface area contributed by atoms with Gasteiger partial charge in [-0.25, -0.2) is 0 Å². The lowest BCUT2D eigenvalue weighted by atomic mass is 9.78. The predicted molar refractivity (Wildman–Crippen MR) is 76.5 cm³/mol. The summed E-state index contributed by atoms with van der Waals surface area (Å²) >= 11 is 0. The van der Waals surface area contributed by atoms with Gasteiger partial charge >= 0.3 is 0 Å². The first-order chi connectivity index (χ1) is 9.38. The molecule has 1 saturated carbocycles. The van der Waals surface area contributed by atoms with Gasteiger partial charge in [-0.05, 0) is 49.8 Å². The maximum absolute atomic E-state index is 9.21. The van der Waals surface area contributed by atoms with Crippen LogP contribution in [0.4, 0.5) is 0 Å². The van der Waals surface area contributed by atoms with E-state index in [2.05, 4.69) is 23.1 Å². The Morgan fingerprint density at radius 3 is 2.79 bits per heavy atom. The maximum Gasteiger partial charge on any atom is 0.0995 e. The summed E-state index contributed by atoms with van der Waals surface area (Å²) < 4.78 is 0. The monoisotopic (exact) mass is 254 g/mol. The molecule has 100 valence electrons. The van der Waals surface area contributed by atoms with Gasteiger partial charge in [-0.3, -0.25) is 4.90 Å². The SMILES string of the molecule is N#Cc1ccccc1CN1CCC[C@H]2CCCC[C@H]21. The van der Waals surface area contributed by atoms with Crippen molar-refractivity contribution in [2.75, 3.05) is 6.54 Å². The van der Waals surface area contributed by atoms with Crippen LogP contribution < -0.4 is 0 Å². The van der Waals surface area contributed by atoms with Crippen LogP contribution in [0.2, 0.25) is 0 Å². The van der Waals surface area contributed by atoms with Crippen LogP contribution in [0.1, 0.15) is 49.7 Å². The largest absolute Gasteiger partial charge is 0.296 e. The molecular formula is C17H22N2. The van der Waals surface area contributed by atoms with Crippen molar-refractivity contribution in [3.8, 4) is 6.07 Å². The van der Waals surface area contributed by atoms with E-state index in [4.69, 9.17) is 0 Å². The standard InChI is InChI=1S/C17H22N2/c18-12-15-7-1-2-8-16(15)13-19-11-5-9-14-6-3-4-10-17(14)19/h1-2,7-8,14,17H,3-6,9-11,13H2/t14-,17-/m1/s1. The second-order valence-electron chi connectivity index (χ2n) is 5.99. The van der Waals surface area contributed by atoms with E-state index >= 15 is 0 Å². The van der Waals surface area contributed by atoms with Gasteiger partial charge in [0.1, 0.15) is 0 Å². The second-order valence-corrected chi connectivity index (χ2v) is 5.99. The summed E-state index contributed by atoms with van der Waals surface area (Å²) in [6.45, 7) is 2.17. The normalized spacial score (nSPS) is 27.5. The zero-order valence-corrected chi connectivity index (χ0v) is 11.5. The maximum atomic E-state index is 9.21. The number of nitrogens with zero attached hydrogens (tertiary/aromatic N) is 2. The van der Waals surface area contributed by atoms with Crippen LogP contribution >= 0.6 is 0 Å². The number of nitriles is 1. The Morgan fingerprint density at radius 2 is 1.89 bits per heavy atom. The molecule has 1 aromatic rings. The molecule has 1 saturated heterocycles. The fourth-order valence-electron chi connectivity index (χ4n) is 3.91. The molecule has 19 heavy (non-hydrogen) atoms. The van der Waals surface area contributed by atoms with E-state index in [1.165, 1.54) is 50.6 Å². The molecular weight excluding hydrogens is 232 g/mol. The molecule has 2 aliphatic rings. The van der Waals surface area contributed by atoms with Crippen molar-refractivity contribution in [2.24, 2.45) is 5.92 Å². The third kappa shape index (κ3) is 2.67. The van der Waals surface area contributed by atoms with E-state index in [1.54, 1.807) is 0 Å². The van der Waals surface area contributed by atoms with E-state index < -0.39 is 0 Å². The van der Waals surface area contributed by atoms with Gasteiger partial charge in [0.25, 0.3) is 0 Å². The van der Waals surface area contributed by atoms with Crippen LogP contribution in [0, 0.1) is 17.2 Å². The van der Waals surface area contributed by atoms with Gasteiger partial charge in [-0.1, -0.05) is 31.0 Å². The number of rotatable bonds is 2. The Hall–Kier alpha value is -1.33. The minimum absolute atomic E-state index is 0.772.